The molecule has 276 valence electrons. The van der Waals surface area contributed by atoms with Crippen LogP contribution in [0.5, 0.6) is 0 Å². The molecule has 0 N–H and O–H groups in total. The van der Waals surface area contributed by atoms with E-state index >= 15 is 0 Å². The van der Waals surface area contributed by atoms with Crippen molar-refractivity contribution < 1.29 is 28.6 Å². The van der Waals surface area contributed by atoms with Crippen LogP contribution in [0.3, 0.4) is 0 Å². The summed E-state index contributed by atoms with van der Waals surface area (Å²) in [6, 6.07) is 2.36. The zero-order valence-electron chi connectivity index (χ0n) is 27.1. The zero-order chi connectivity index (χ0) is 40.3. The van der Waals surface area contributed by atoms with Crippen molar-refractivity contribution in [2.45, 2.75) is 16.8 Å². The van der Waals surface area contributed by atoms with Gasteiger partial charge in [-0.1, -0.05) is 46.0 Å². The zero-order valence-corrected chi connectivity index (χ0v) is 27.1. The van der Waals surface area contributed by atoms with Crippen LogP contribution in [0.15, 0.2) is 64.2 Å². The van der Waals surface area contributed by atoms with Crippen molar-refractivity contribution in [2.24, 2.45) is 46.0 Å². The fraction of sp³-hybridized carbons (Fsp3) is 0.571. The number of carbonyl (C=O) groups is 3. The molecule has 0 fully saturated rings. The average Bonchev–Trinajstić information content (AvgIpc) is 3.18. The van der Waals surface area contributed by atoms with E-state index in [2.05, 4.69) is 90.2 Å². The third-order valence-corrected chi connectivity index (χ3v) is 6.37. The highest BCUT2D eigenvalue weighted by atomic mass is 16.6. The van der Waals surface area contributed by atoms with E-state index in [4.69, 9.17) is 64.0 Å². The summed E-state index contributed by atoms with van der Waals surface area (Å²) in [4.78, 5) is 63.9. The lowest BCUT2D eigenvalue weighted by atomic mass is 10.0. The molecule has 0 heterocycles. The van der Waals surface area contributed by atoms with Gasteiger partial charge in [-0.3, -0.25) is 0 Å². The normalized spacial score (nSPS) is 12.7. The predicted octanol–water partition coefficient (Wildman–Crippen LogP) is 7.17. The number of esters is 3. The summed E-state index contributed by atoms with van der Waals surface area (Å²) in [7, 11) is 0. The van der Waals surface area contributed by atoms with Gasteiger partial charge in [0.15, 0.2) is 0 Å². The molecule has 33 heteroatoms. The van der Waals surface area contributed by atoms with Crippen molar-refractivity contribution in [3.8, 4) is 0 Å². The predicted molar refractivity (Wildman–Crippen MR) is 177 cm³/mol. The number of hydrogen-bond acceptors (Lipinski definition) is 15. The number of azide groups is 9. The number of hydrogen-bond donors (Lipinski definition) is 0. The van der Waals surface area contributed by atoms with Gasteiger partial charge in [0.25, 0.3) is 0 Å². The molecule has 1 rings (SSSR count). The van der Waals surface area contributed by atoms with Gasteiger partial charge in [-0.05, 0) is 68.0 Å². The van der Waals surface area contributed by atoms with Gasteiger partial charge in [0.1, 0.15) is 16.8 Å². The highest BCUT2D eigenvalue weighted by Gasteiger charge is 2.37. The monoisotopic (exact) mass is 747 g/mol. The molecule has 0 aromatic heterocycles. The van der Waals surface area contributed by atoms with Gasteiger partial charge in [0.2, 0.25) is 0 Å². The minimum atomic E-state index is -2.12. The first-order valence-electron chi connectivity index (χ1n) is 13.9. The summed E-state index contributed by atoms with van der Waals surface area (Å²) in [6.07, 6.45) is 0. The largest absolute Gasteiger partial charge is 0.455 e. The Balaban J connectivity index is 4.11. The van der Waals surface area contributed by atoms with E-state index < -0.39 is 110 Å². The molecular weight excluding hydrogens is 726 g/mol. The Morgan fingerprint density at radius 3 is 0.648 bits per heavy atom. The molecule has 0 bridgehead atoms. The molecule has 0 unspecified atom stereocenters. The van der Waals surface area contributed by atoms with Crippen molar-refractivity contribution >= 4 is 17.9 Å². The maximum Gasteiger partial charge on any atom is 0.338 e. The molecule has 33 nitrogen and oxygen atoms in total. The van der Waals surface area contributed by atoms with Crippen LogP contribution < -0.4 is 0 Å². The van der Waals surface area contributed by atoms with Crippen molar-refractivity contribution in [2.75, 3.05) is 58.9 Å². The van der Waals surface area contributed by atoms with E-state index in [1.54, 1.807) is 0 Å². The summed E-state index contributed by atoms with van der Waals surface area (Å²) in [5, 5.41) is 29.7. The van der Waals surface area contributed by atoms with Gasteiger partial charge in [-0.2, -0.15) is 0 Å². The molecule has 0 saturated heterocycles. The molecule has 0 atom stereocenters. The van der Waals surface area contributed by atoms with Gasteiger partial charge in [0.05, 0.1) is 75.6 Å². The van der Waals surface area contributed by atoms with Crippen LogP contribution in [-0.2, 0) is 14.2 Å². The van der Waals surface area contributed by atoms with Crippen LogP contribution in [0.25, 0.3) is 94.0 Å². The van der Waals surface area contributed by atoms with E-state index in [1.165, 1.54) is 0 Å². The van der Waals surface area contributed by atoms with Gasteiger partial charge >= 0.3 is 17.9 Å². The fourth-order valence-electron chi connectivity index (χ4n) is 3.93. The molecule has 0 spiro atoms. The van der Waals surface area contributed by atoms with Crippen LogP contribution in [0.1, 0.15) is 31.1 Å². The first-order valence-corrected chi connectivity index (χ1v) is 13.9. The lowest BCUT2D eigenvalue weighted by molar-refractivity contribution is -0.00576. The molecule has 0 amide bonds. The maximum atomic E-state index is 13.7. The Kier molecular flexibility index (Phi) is 18.5. The summed E-state index contributed by atoms with van der Waals surface area (Å²) < 4.78 is 16.4. The Labute approximate surface area is 297 Å². The Bertz CT molecular complexity index is 1640. The lowest BCUT2D eigenvalue weighted by Crippen LogP contribution is -2.45. The van der Waals surface area contributed by atoms with Crippen LogP contribution in [0.2, 0.25) is 0 Å². The minimum absolute atomic E-state index is 0.680. The third-order valence-electron chi connectivity index (χ3n) is 6.37. The minimum Gasteiger partial charge on any atom is -0.455 e. The Morgan fingerprint density at radius 1 is 0.370 bits per heavy atom. The lowest BCUT2D eigenvalue weighted by Gasteiger charge is -2.30. The van der Waals surface area contributed by atoms with Gasteiger partial charge in [-0.25, -0.2) is 14.4 Å². The molecule has 0 aliphatic rings. The molecule has 0 saturated carbocycles. The average molecular weight is 748 g/mol. The SMILES string of the molecule is [N-]=[N+]=NCC(CN=[N+]=[N-])(CN=[N+]=[N-])OC(=O)c1cc(C(=O)OC(CN=[N+]=[N-])(CN=[N+]=[N-])CN=[N+]=[N-])cc(C(=O)OC(CN=[N+]=[N-])(CN=[N+]=[N-])CN=[N+]=[N-])c1. The molecule has 1 aromatic carbocycles. The summed E-state index contributed by atoms with van der Waals surface area (Å²) >= 11 is 0. The summed E-state index contributed by atoms with van der Waals surface area (Å²) in [5.74, 6) is -4.29. The smallest absolute Gasteiger partial charge is 0.338 e. The van der Waals surface area contributed by atoms with Gasteiger partial charge in [0, 0.05) is 44.2 Å². The highest BCUT2D eigenvalue weighted by molar-refractivity contribution is 6.00. The molecule has 54 heavy (non-hydrogen) atoms. The fourth-order valence-corrected chi connectivity index (χ4v) is 3.93. The molecule has 0 radical (unpaired) electrons. The molecule has 1 aromatic rings. The summed E-state index contributed by atoms with van der Waals surface area (Å²) in [5.41, 5.74) is 71.6. The molecule has 0 aliphatic carbocycles. The van der Waals surface area contributed by atoms with Crippen LogP contribution in [0, 0.1) is 0 Å². The number of ether oxygens (including phenoxy) is 3. The van der Waals surface area contributed by atoms with Gasteiger partial charge < -0.3 is 14.2 Å². The molecular formula is C21H21N27O6. The topological polar surface area (TPSA) is 518 Å². The second-order valence-corrected chi connectivity index (χ2v) is 10.0. The first kappa shape index (κ1) is 43.4. The highest BCUT2D eigenvalue weighted by Crippen LogP contribution is 2.25. The number of nitrogens with zero attached hydrogens (tertiary/aromatic N) is 27. The first-order chi connectivity index (χ1) is 26.0. The maximum absolute atomic E-state index is 13.7. The Morgan fingerprint density at radius 2 is 0.519 bits per heavy atom. The Hall–Kier alpha value is -8.58. The van der Waals surface area contributed by atoms with Crippen molar-refractivity contribution in [3.63, 3.8) is 0 Å². The van der Waals surface area contributed by atoms with Crippen molar-refractivity contribution in [1.29, 1.82) is 0 Å². The summed E-state index contributed by atoms with van der Waals surface area (Å²) in [6.45, 7) is -6.83. The van der Waals surface area contributed by atoms with Gasteiger partial charge in [-0.15, -0.1) is 0 Å². The van der Waals surface area contributed by atoms with E-state index in [0.29, 0.717) is 0 Å². The number of rotatable bonds is 24. The van der Waals surface area contributed by atoms with E-state index in [9.17, 15) is 14.4 Å². The van der Waals surface area contributed by atoms with Crippen molar-refractivity contribution in [3.05, 3.63) is 129 Å². The van der Waals surface area contributed by atoms with Crippen molar-refractivity contribution in [1.82, 2.24) is 0 Å². The molecule has 0 aliphatic heterocycles. The van der Waals surface area contributed by atoms with Crippen LogP contribution >= 0.6 is 0 Å². The van der Waals surface area contributed by atoms with Crippen LogP contribution in [-0.4, -0.2) is 93.6 Å². The van der Waals surface area contributed by atoms with E-state index in [1.807, 2.05) is 0 Å². The standard InChI is InChI=1S/C21H21N27O6/c22-40-31-4-19(5-32-41-23,6-33-42-24)52-16(49)13-1-14(17(50)53-20(7-34-43-25,8-35-44-26)9-36-45-27)3-15(2-13)18(51)54-21(10-37-46-28,11-38-47-29)12-39-48-30/h1-3H,4-12H2. The third kappa shape index (κ3) is 13.7. The van der Waals surface area contributed by atoms with E-state index in [0.717, 1.165) is 18.2 Å². The quantitative estimate of drug-likeness (QED) is 0.0346. The number of benzene rings is 1. The number of carbonyl (C=O) groups excluding carboxylic acids is 3. The second-order valence-electron chi connectivity index (χ2n) is 10.0. The second kappa shape index (κ2) is 22.9. The van der Waals surface area contributed by atoms with Crippen LogP contribution in [0.4, 0.5) is 0 Å². The van der Waals surface area contributed by atoms with E-state index in [-0.39, 0.29) is 0 Å².